The summed E-state index contributed by atoms with van der Waals surface area (Å²) in [5.41, 5.74) is 4.96. The number of unbranched alkanes of at least 4 members (excludes halogenated alkanes) is 14. The molecule has 0 spiro atoms. The smallest absolute Gasteiger partial charge is 0.143 e. The van der Waals surface area contributed by atoms with Crippen molar-refractivity contribution in [2.24, 2.45) is 0 Å². The molecule has 0 aliphatic heterocycles. The average molecular weight is 605 g/mol. The average Bonchev–Trinajstić information content (AvgIpc) is 3.61. The van der Waals surface area contributed by atoms with Crippen LogP contribution < -0.4 is 0 Å². The second-order valence-corrected chi connectivity index (χ2v) is 14.3. The third kappa shape index (κ3) is 7.17. The molecule has 0 amide bonds. The van der Waals surface area contributed by atoms with Crippen LogP contribution in [0.4, 0.5) is 0 Å². The van der Waals surface area contributed by atoms with E-state index in [2.05, 4.69) is 74.5 Å². The molecule has 2 heteroatoms. The Balaban J connectivity index is 1.15. The number of thiophene rings is 1. The minimum absolute atomic E-state index is 1.03. The second kappa shape index (κ2) is 15.4. The van der Waals surface area contributed by atoms with Gasteiger partial charge in [-0.1, -0.05) is 140 Å². The third-order valence-corrected chi connectivity index (χ3v) is 11.0. The Morgan fingerprint density at radius 1 is 0.455 bits per heavy atom. The molecule has 0 saturated carbocycles. The monoisotopic (exact) mass is 604 g/mol. The minimum atomic E-state index is 1.03. The number of hydrogen-bond donors (Lipinski definition) is 0. The molecule has 0 radical (unpaired) electrons. The molecule has 4 aromatic carbocycles. The van der Waals surface area contributed by atoms with Gasteiger partial charge in [-0.15, -0.1) is 11.3 Å². The molecule has 1 nitrogen and oxygen atoms in total. The SMILES string of the molecule is CCCCCCCCCCc1ccc2c(c1)oc1c2ccc2c1ccc1c3ccc(CCCCCCCCCC)cc3sc12. The molecule has 232 valence electrons. The lowest BCUT2D eigenvalue weighted by Crippen LogP contribution is -1.86. The number of aryl methyl sites for hydroxylation is 2. The zero-order chi connectivity index (χ0) is 30.1. The predicted molar refractivity (Wildman–Crippen MR) is 197 cm³/mol. The highest BCUT2D eigenvalue weighted by molar-refractivity contribution is 7.26. The van der Waals surface area contributed by atoms with Gasteiger partial charge in [0.1, 0.15) is 11.2 Å². The lowest BCUT2D eigenvalue weighted by molar-refractivity contribution is 0.575. The highest BCUT2D eigenvalue weighted by Gasteiger charge is 2.15. The first-order chi connectivity index (χ1) is 21.8. The zero-order valence-electron chi connectivity index (χ0n) is 27.3. The van der Waals surface area contributed by atoms with Crippen molar-refractivity contribution in [2.45, 2.75) is 129 Å². The fraction of sp³-hybridized carbons (Fsp3) is 0.476. The van der Waals surface area contributed by atoms with Crippen molar-refractivity contribution < 1.29 is 4.42 Å². The van der Waals surface area contributed by atoms with Crippen molar-refractivity contribution >= 4 is 64.2 Å². The van der Waals surface area contributed by atoms with Crippen LogP contribution in [0, 0.1) is 0 Å². The van der Waals surface area contributed by atoms with Crippen LogP contribution in [0.15, 0.2) is 65.1 Å². The van der Waals surface area contributed by atoms with Gasteiger partial charge in [0, 0.05) is 41.7 Å². The Labute approximate surface area is 269 Å². The molecule has 44 heavy (non-hydrogen) atoms. The molecule has 0 bridgehead atoms. The summed E-state index contributed by atoms with van der Waals surface area (Å²) in [5.74, 6) is 0. The molecule has 0 fully saturated rings. The minimum Gasteiger partial charge on any atom is -0.455 e. The number of fused-ring (bicyclic) bond motifs is 9. The van der Waals surface area contributed by atoms with E-state index in [0.29, 0.717) is 0 Å². The van der Waals surface area contributed by atoms with Crippen molar-refractivity contribution in [3.8, 4) is 0 Å². The van der Waals surface area contributed by atoms with E-state index < -0.39 is 0 Å². The quantitative estimate of drug-likeness (QED) is 0.0889. The molecular formula is C42H52OS. The van der Waals surface area contributed by atoms with Crippen molar-refractivity contribution in [2.75, 3.05) is 0 Å². The molecule has 0 saturated heterocycles. The maximum absolute atomic E-state index is 6.63. The van der Waals surface area contributed by atoms with Crippen LogP contribution in [0.2, 0.25) is 0 Å². The Bertz CT molecular complexity index is 1670. The van der Waals surface area contributed by atoms with Gasteiger partial charge in [0.2, 0.25) is 0 Å². The van der Waals surface area contributed by atoms with E-state index in [4.69, 9.17) is 4.42 Å². The molecule has 0 unspecified atom stereocenters. The van der Waals surface area contributed by atoms with E-state index in [1.165, 1.54) is 162 Å². The van der Waals surface area contributed by atoms with Gasteiger partial charge in [-0.2, -0.15) is 0 Å². The normalized spacial score (nSPS) is 12.1. The van der Waals surface area contributed by atoms with Crippen molar-refractivity contribution in [3.63, 3.8) is 0 Å². The van der Waals surface area contributed by atoms with Gasteiger partial charge in [0.15, 0.2) is 0 Å². The van der Waals surface area contributed by atoms with Gasteiger partial charge in [-0.25, -0.2) is 0 Å². The van der Waals surface area contributed by atoms with Crippen LogP contribution in [0.1, 0.15) is 128 Å². The number of hydrogen-bond acceptors (Lipinski definition) is 2. The van der Waals surface area contributed by atoms with Gasteiger partial charge in [-0.05, 0) is 61.1 Å². The van der Waals surface area contributed by atoms with E-state index >= 15 is 0 Å². The predicted octanol–water partition coefficient (Wildman–Crippen LogP) is 14.5. The lowest BCUT2D eigenvalue weighted by atomic mass is 10.0. The molecule has 0 N–H and O–H groups in total. The summed E-state index contributed by atoms with van der Waals surface area (Å²) in [4.78, 5) is 0. The number of benzene rings is 4. The van der Waals surface area contributed by atoms with Gasteiger partial charge in [0.05, 0.1) is 0 Å². The fourth-order valence-electron chi connectivity index (χ4n) is 7.20. The Morgan fingerprint density at radius 2 is 0.909 bits per heavy atom. The summed E-state index contributed by atoms with van der Waals surface area (Å²) in [7, 11) is 0. The standard InChI is InChI=1S/C42H52OS/c1-3-5-7-9-11-13-15-17-19-31-21-23-33-35-25-28-38-36(41(35)43-39(33)29-31)26-27-37-34-24-22-32(30-40(34)44-42(37)38)20-18-16-14-12-10-8-6-4-2/h21-30H,3-20H2,1-2H3. The molecule has 0 atom stereocenters. The van der Waals surface area contributed by atoms with Crippen LogP contribution in [0.5, 0.6) is 0 Å². The maximum atomic E-state index is 6.63. The van der Waals surface area contributed by atoms with Gasteiger partial charge in [-0.3, -0.25) is 0 Å². The summed E-state index contributed by atoms with van der Waals surface area (Å²) in [5, 5.41) is 7.80. The lowest BCUT2D eigenvalue weighted by Gasteiger charge is -2.03. The molecule has 0 aliphatic rings. The zero-order valence-corrected chi connectivity index (χ0v) is 28.1. The van der Waals surface area contributed by atoms with Crippen LogP contribution in [-0.4, -0.2) is 0 Å². The van der Waals surface area contributed by atoms with Crippen LogP contribution >= 0.6 is 11.3 Å². The van der Waals surface area contributed by atoms with Gasteiger partial charge >= 0.3 is 0 Å². The first-order valence-electron chi connectivity index (χ1n) is 18.0. The van der Waals surface area contributed by atoms with Gasteiger partial charge in [0.25, 0.3) is 0 Å². The first kappa shape index (κ1) is 31.2. The first-order valence-corrected chi connectivity index (χ1v) is 18.8. The second-order valence-electron chi connectivity index (χ2n) is 13.3. The van der Waals surface area contributed by atoms with Crippen molar-refractivity contribution in [1.29, 1.82) is 0 Å². The summed E-state index contributed by atoms with van der Waals surface area (Å²) in [6, 6.07) is 23.4. The molecule has 0 aliphatic carbocycles. The van der Waals surface area contributed by atoms with Gasteiger partial charge < -0.3 is 4.42 Å². The molecule has 2 heterocycles. The fourth-order valence-corrected chi connectivity index (χ4v) is 8.49. The van der Waals surface area contributed by atoms with Crippen molar-refractivity contribution in [1.82, 2.24) is 0 Å². The Hall–Kier alpha value is -2.84. The van der Waals surface area contributed by atoms with Crippen LogP contribution in [-0.2, 0) is 12.8 Å². The topological polar surface area (TPSA) is 13.1 Å². The highest BCUT2D eigenvalue weighted by Crippen LogP contribution is 2.42. The molecule has 6 aromatic rings. The largest absolute Gasteiger partial charge is 0.455 e. The third-order valence-electron chi connectivity index (χ3n) is 9.84. The number of rotatable bonds is 18. The maximum Gasteiger partial charge on any atom is 0.143 e. The molecule has 2 aromatic heterocycles. The highest BCUT2D eigenvalue weighted by atomic mass is 32.1. The summed E-state index contributed by atoms with van der Waals surface area (Å²) < 4.78 is 9.43. The van der Waals surface area contributed by atoms with E-state index in [9.17, 15) is 0 Å². The summed E-state index contributed by atoms with van der Waals surface area (Å²) in [6.07, 6.45) is 24.2. The van der Waals surface area contributed by atoms with Crippen LogP contribution in [0.3, 0.4) is 0 Å². The summed E-state index contributed by atoms with van der Waals surface area (Å²) in [6.45, 7) is 4.58. The van der Waals surface area contributed by atoms with E-state index in [1.807, 2.05) is 11.3 Å². The van der Waals surface area contributed by atoms with E-state index in [0.717, 1.165) is 17.6 Å². The van der Waals surface area contributed by atoms with E-state index in [-0.39, 0.29) is 0 Å². The van der Waals surface area contributed by atoms with E-state index in [1.54, 1.807) is 0 Å². The van der Waals surface area contributed by atoms with Crippen molar-refractivity contribution in [3.05, 3.63) is 71.8 Å². The Kier molecular flexibility index (Phi) is 10.9. The summed E-state index contributed by atoms with van der Waals surface area (Å²) >= 11 is 1.95. The molecule has 6 rings (SSSR count). The Morgan fingerprint density at radius 3 is 1.52 bits per heavy atom. The molecular weight excluding hydrogens is 553 g/mol. The number of furan rings is 1. The van der Waals surface area contributed by atoms with Crippen LogP contribution in [0.25, 0.3) is 52.9 Å².